The van der Waals surface area contributed by atoms with Crippen molar-refractivity contribution in [2.24, 2.45) is 23.7 Å². The zero-order valence-corrected chi connectivity index (χ0v) is 11.8. The lowest BCUT2D eigenvalue weighted by Gasteiger charge is -2.23. The first-order valence-electron chi connectivity index (χ1n) is 8.30. The summed E-state index contributed by atoms with van der Waals surface area (Å²) in [7, 11) is 0. The van der Waals surface area contributed by atoms with Gasteiger partial charge in [-0.3, -0.25) is 4.79 Å². The first kappa shape index (κ1) is 12.2. The van der Waals surface area contributed by atoms with Gasteiger partial charge in [0.05, 0.1) is 0 Å². The number of rotatable bonds is 4. The normalized spacial score (nSPS) is 41.9. The molecule has 1 N–H and O–H groups in total. The fourth-order valence-electron chi connectivity index (χ4n) is 4.66. The highest BCUT2D eigenvalue weighted by Crippen LogP contribution is 2.48. The predicted molar refractivity (Wildman–Crippen MR) is 74.6 cm³/mol. The van der Waals surface area contributed by atoms with Gasteiger partial charge in [-0.2, -0.15) is 0 Å². The third kappa shape index (κ3) is 2.54. The number of likely N-dealkylation sites (tertiary alicyclic amines) is 1. The van der Waals surface area contributed by atoms with E-state index in [0.717, 1.165) is 18.4 Å². The second kappa shape index (κ2) is 4.76. The number of hydrogen-bond donors (Lipinski definition) is 1. The van der Waals surface area contributed by atoms with Crippen LogP contribution in [0.4, 0.5) is 0 Å². The van der Waals surface area contributed by atoms with Crippen molar-refractivity contribution in [3.05, 3.63) is 0 Å². The molecule has 1 amide bonds. The topological polar surface area (TPSA) is 32.3 Å². The predicted octanol–water partition coefficient (Wildman–Crippen LogP) is 2.02. The molecule has 0 radical (unpaired) electrons. The summed E-state index contributed by atoms with van der Waals surface area (Å²) in [6, 6.07) is 0.436. The van der Waals surface area contributed by atoms with Gasteiger partial charge >= 0.3 is 0 Å². The maximum atomic E-state index is 12.4. The summed E-state index contributed by atoms with van der Waals surface area (Å²) in [6.45, 7) is 3.57. The van der Waals surface area contributed by atoms with Crippen LogP contribution in [0.1, 0.15) is 44.9 Å². The molecule has 4 fully saturated rings. The van der Waals surface area contributed by atoms with Crippen molar-refractivity contribution in [3.8, 4) is 0 Å². The van der Waals surface area contributed by atoms with Crippen LogP contribution in [0.25, 0.3) is 0 Å². The molecule has 4 atom stereocenters. The Morgan fingerprint density at radius 3 is 2.68 bits per heavy atom. The van der Waals surface area contributed by atoms with E-state index >= 15 is 0 Å². The third-order valence-corrected chi connectivity index (χ3v) is 5.91. The lowest BCUT2D eigenvalue weighted by atomic mass is 9.88. The molecule has 3 heteroatoms. The van der Waals surface area contributed by atoms with E-state index in [1.54, 1.807) is 0 Å². The smallest absolute Gasteiger partial charge is 0.223 e. The van der Waals surface area contributed by atoms with Crippen LogP contribution in [0.3, 0.4) is 0 Å². The Labute approximate surface area is 116 Å². The van der Waals surface area contributed by atoms with E-state index in [9.17, 15) is 4.79 Å². The molecule has 4 aliphatic rings. The minimum absolute atomic E-state index is 0.358. The average Bonchev–Trinajstić information content (AvgIpc) is 2.81. The molecular formula is C16H26N2O. The molecule has 4 rings (SSSR count). The number of carbonyl (C=O) groups excluding carboxylic acids is 1. The second-order valence-corrected chi connectivity index (χ2v) is 7.48. The molecule has 0 aromatic rings. The molecule has 0 aromatic carbocycles. The van der Waals surface area contributed by atoms with Crippen molar-refractivity contribution >= 4 is 5.91 Å². The molecule has 2 bridgehead atoms. The largest absolute Gasteiger partial charge is 0.352 e. The molecule has 0 aromatic heterocycles. The number of amides is 1. The molecule has 0 spiro atoms. The van der Waals surface area contributed by atoms with E-state index in [1.807, 2.05) is 0 Å². The molecular weight excluding hydrogens is 236 g/mol. The summed E-state index contributed by atoms with van der Waals surface area (Å²) in [5.41, 5.74) is 0. The molecule has 106 valence electrons. The zero-order valence-electron chi connectivity index (χ0n) is 11.8. The van der Waals surface area contributed by atoms with Crippen LogP contribution >= 0.6 is 0 Å². The SMILES string of the molecule is O=C(N[C@@H]1CCN(CC2CC2)C1)[C@H]1C[C@H]2CC[C@H]1C2. The Morgan fingerprint density at radius 1 is 1.11 bits per heavy atom. The minimum atomic E-state index is 0.358. The van der Waals surface area contributed by atoms with Crippen LogP contribution in [0.2, 0.25) is 0 Å². The summed E-state index contributed by atoms with van der Waals surface area (Å²) in [5, 5.41) is 3.35. The minimum Gasteiger partial charge on any atom is -0.352 e. The monoisotopic (exact) mass is 262 g/mol. The summed E-state index contributed by atoms with van der Waals surface area (Å²) in [5.74, 6) is 3.30. The maximum Gasteiger partial charge on any atom is 0.223 e. The Kier molecular flexibility index (Phi) is 3.06. The molecule has 3 nitrogen and oxygen atoms in total. The molecule has 0 unspecified atom stereocenters. The summed E-state index contributed by atoms with van der Waals surface area (Å²) >= 11 is 0. The summed E-state index contributed by atoms with van der Waals surface area (Å²) < 4.78 is 0. The number of fused-ring (bicyclic) bond motifs is 2. The van der Waals surface area contributed by atoms with Gasteiger partial charge in [0, 0.05) is 31.6 Å². The molecule has 1 saturated heterocycles. The van der Waals surface area contributed by atoms with E-state index in [4.69, 9.17) is 0 Å². The first-order chi connectivity index (χ1) is 9.28. The van der Waals surface area contributed by atoms with Crippen molar-refractivity contribution in [1.82, 2.24) is 10.2 Å². The molecule has 19 heavy (non-hydrogen) atoms. The van der Waals surface area contributed by atoms with Gasteiger partial charge in [-0.05, 0) is 56.3 Å². The summed E-state index contributed by atoms with van der Waals surface area (Å²) in [6.07, 6.45) is 9.22. The number of carbonyl (C=O) groups is 1. The Hall–Kier alpha value is -0.570. The lowest BCUT2D eigenvalue weighted by Crippen LogP contribution is -2.42. The molecule has 3 aliphatic carbocycles. The van der Waals surface area contributed by atoms with Gasteiger partial charge in [-0.15, -0.1) is 0 Å². The van der Waals surface area contributed by atoms with E-state index in [1.165, 1.54) is 58.0 Å². The van der Waals surface area contributed by atoms with Crippen LogP contribution < -0.4 is 5.32 Å². The zero-order chi connectivity index (χ0) is 12.8. The highest BCUT2D eigenvalue weighted by molar-refractivity contribution is 5.79. The quantitative estimate of drug-likeness (QED) is 0.840. The van der Waals surface area contributed by atoms with Crippen LogP contribution in [-0.2, 0) is 4.79 Å². The van der Waals surface area contributed by atoms with Crippen molar-refractivity contribution in [2.75, 3.05) is 19.6 Å². The van der Waals surface area contributed by atoms with E-state index in [0.29, 0.717) is 23.8 Å². The van der Waals surface area contributed by atoms with Gasteiger partial charge in [-0.1, -0.05) is 6.42 Å². The molecule has 1 aliphatic heterocycles. The Balaban J connectivity index is 1.26. The fourth-order valence-corrected chi connectivity index (χ4v) is 4.66. The summed E-state index contributed by atoms with van der Waals surface area (Å²) in [4.78, 5) is 15.0. The van der Waals surface area contributed by atoms with E-state index in [-0.39, 0.29) is 0 Å². The van der Waals surface area contributed by atoms with Crippen LogP contribution in [0.5, 0.6) is 0 Å². The van der Waals surface area contributed by atoms with Gasteiger partial charge < -0.3 is 10.2 Å². The Bertz CT molecular complexity index is 366. The van der Waals surface area contributed by atoms with Crippen LogP contribution in [0.15, 0.2) is 0 Å². The van der Waals surface area contributed by atoms with Crippen LogP contribution in [0, 0.1) is 23.7 Å². The van der Waals surface area contributed by atoms with Crippen molar-refractivity contribution in [1.29, 1.82) is 0 Å². The van der Waals surface area contributed by atoms with Crippen LogP contribution in [-0.4, -0.2) is 36.5 Å². The van der Waals surface area contributed by atoms with Gasteiger partial charge in [0.25, 0.3) is 0 Å². The van der Waals surface area contributed by atoms with Crippen molar-refractivity contribution < 1.29 is 4.79 Å². The van der Waals surface area contributed by atoms with Gasteiger partial charge in [-0.25, -0.2) is 0 Å². The highest BCUT2D eigenvalue weighted by atomic mass is 16.2. The number of nitrogens with zero attached hydrogens (tertiary/aromatic N) is 1. The highest BCUT2D eigenvalue weighted by Gasteiger charge is 2.43. The van der Waals surface area contributed by atoms with E-state index < -0.39 is 0 Å². The lowest BCUT2D eigenvalue weighted by molar-refractivity contribution is -0.127. The van der Waals surface area contributed by atoms with Crippen molar-refractivity contribution in [2.45, 2.75) is 51.0 Å². The number of nitrogens with one attached hydrogen (secondary N) is 1. The molecule has 3 saturated carbocycles. The number of hydrogen-bond acceptors (Lipinski definition) is 2. The van der Waals surface area contributed by atoms with Gasteiger partial charge in [0.15, 0.2) is 0 Å². The second-order valence-electron chi connectivity index (χ2n) is 7.48. The average molecular weight is 262 g/mol. The third-order valence-electron chi connectivity index (χ3n) is 5.91. The first-order valence-corrected chi connectivity index (χ1v) is 8.30. The van der Waals surface area contributed by atoms with Gasteiger partial charge in [0.2, 0.25) is 5.91 Å². The Morgan fingerprint density at radius 2 is 2.00 bits per heavy atom. The van der Waals surface area contributed by atoms with E-state index in [2.05, 4.69) is 10.2 Å². The fraction of sp³-hybridized carbons (Fsp3) is 0.938. The maximum absolute atomic E-state index is 12.4. The standard InChI is InChI=1S/C16H26N2O/c19-16(15-8-12-3-4-13(15)7-12)17-14-5-6-18(10-14)9-11-1-2-11/h11-15H,1-10H2,(H,17,19)/t12-,13-,14+,15-/m0/s1. The van der Waals surface area contributed by atoms with Crippen molar-refractivity contribution in [3.63, 3.8) is 0 Å². The van der Waals surface area contributed by atoms with Gasteiger partial charge in [0.1, 0.15) is 0 Å². The molecule has 1 heterocycles.